The van der Waals surface area contributed by atoms with E-state index in [4.69, 9.17) is 0 Å². The summed E-state index contributed by atoms with van der Waals surface area (Å²) < 4.78 is 0. The molecule has 30 heavy (non-hydrogen) atoms. The predicted octanol–water partition coefficient (Wildman–Crippen LogP) is 1.96. The smallest absolute Gasteiger partial charge is 0.272 e. The molecule has 0 spiro atoms. The average Bonchev–Trinajstić information content (AvgIpc) is 2.73. The van der Waals surface area contributed by atoms with Crippen LogP contribution in [-0.2, 0) is 22.4 Å². The van der Waals surface area contributed by atoms with Crippen LogP contribution >= 0.6 is 0 Å². The van der Waals surface area contributed by atoms with E-state index in [1.807, 2.05) is 0 Å². The van der Waals surface area contributed by atoms with Crippen LogP contribution in [0, 0.1) is 20.2 Å². The van der Waals surface area contributed by atoms with Crippen molar-refractivity contribution in [2.24, 2.45) is 0 Å². The number of hydrogen-bond donors (Lipinski definition) is 0. The molecule has 1 aliphatic rings. The van der Waals surface area contributed by atoms with Gasteiger partial charge in [-0.2, -0.15) is 0 Å². The van der Waals surface area contributed by atoms with Gasteiger partial charge in [-0.05, 0) is 0 Å². The van der Waals surface area contributed by atoms with Gasteiger partial charge >= 0.3 is 0 Å². The molecular weight excluding hydrogens is 392 g/mol. The Morgan fingerprint density at radius 1 is 0.733 bits per heavy atom. The first-order valence-electron chi connectivity index (χ1n) is 9.20. The van der Waals surface area contributed by atoms with Crippen molar-refractivity contribution in [3.63, 3.8) is 0 Å². The SMILES string of the molecule is CN1C(=O)C(Cc2ccccc2[N+](=O)[O-])N(C)C(=O)C1Cc1ccccc1[N+](=O)[O-]. The summed E-state index contributed by atoms with van der Waals surface area (Å²) in [7, 11) is 2.94. The number of rotatable bonds is 6. The van der Waals surface area contributed by atoms with Crippen LogP contribution in [0.4, 0.5) is 11.4 Å². The third-order valence-corrected chi connectivity index (χ3v) is 5.40. The van der Waals surface area contributed by atoms with E-state index in [0.29, 0.717) is 11.1 Å². The molecular formula is C20H20N4O6. The summed E-state index contributed by atoms with van der Waals surface area (Å²) in [5.41, 5.74) is 0.476. The Kier molecular flexibility index (Phi) is 5.77. The third kappa shape index (κ3) is 3.84. The molecule has 2 aromatic rings. The minimum atomic E-state index is -0.898. The fourth-order valence-corrected chi connectivity index (χ4v) is 3.70. The Hall–Kier alpha value is -3.82. The quantitative estimate of drug-likeness (QED) is 0.527. The summed E-state index contributed by atoms with van der Waals surface area (Å²) in [6.07, 6.45) is 0.00153. The van der Waals surface area contributed by atoms with Crippen LogP contribution in [0.5, 0.6) is 0 Å². The van der Waals surface area contributed by atoms with E-state index in [-0.39, 0.29) is 36.0 Å². The maximum atomic E-state index is 13.0. The topological polar surface area (TPSA) is 127 Å². The lowest BCUT2D eigenvalue weighted by Crippen LogP contribution is -2.63. The Balaban J connectivity index is 1.87. The zero-order chi connectivity index (χ0) is 22.0. The molecule has 0 bridgehead atoms. The molecule has 10 heteroatoms. The van der Waals surface area contributed by atoms with Crippen molar-refractivity contribution in [3.05, 3.63) is 79.9 Å². The van der Waals surface area contributed by atoms with Crippen LogP contribution in [0.25, 0.3) is 0 Å². The molecule has 2 atom stereocenters. The van der Waals surface area contributed by atoms with E-state index in [2.05, 4.69) is 0 Å². The van der Waals surface area contributed by atoms with Gasteiger partial charge in [0.1, 0.15) is 12.1 Å². The first-order chi connectivity index (χ1) is 14.2. The minimum Gasteiger partial charge on any atom is -0.332 e. The van der Waals surface area contributed by atoms with Gasteiger partial charge in [0, 0.05) is 50.2 Å². The van der Waals surface area contributed by atoms with Gasteiger partial charge in [0.05, 0.1) is 9.85 Å². The van der Waals surface area contributed by atoms with Crippen LogP contribution in [0.1, 0.15) is 11.1 Å². The van der Waals surface area contributed by atoms with Crippen molar-refractivity contribution in [1.82, 2.24) is 9.80 Å². The number of hydrogen-bond acceptors (Lipinski definition) is 6. The molecule has 0 N–H and O–H groups in total. The van der Waals surface area contributed by atoms with Gasteiger partial charge in [-0.25, -0.2) is 0 Å². The molecule has 3 rings (SSSR count). The summed E-state index contributed by atoms with van der Waals surface area (Å²) in [4.78, 5) is 50.1. The van der Waals surface area contributed by atoms with Gasteiger partial charge in [-0.15, -0.1) is 0 Å². The number of carbonyl (C=O) groups is 2. The van der Waals surface area contributed by atoms with Crippen molar-refractivity contribution < 1.29 is 19.4 Å². The van der Waals surface area contributed by atoms with E-state index in [0.717, 1.165) is 0 Å². The first kappa shape index (κ1) is 20.9. The highest BCUT2D eigenvalue weighted by Gasteiger charge is 2.43. The largest absolute Gasteiger partial charge is 0.332 e. The second kappa shape index (κ2) is 8.27. The van der Waals surface area contributed by atoms with Gasteiger partial charge in [-0.1, -0.05) is 36.4 Å². The van der Waals surface area contributed by atoms with Crippen molar-refractivity contribution in [1.29, 1.82) is 0 Å². The predicted molar refractivity (Wildman–Crippen MR) is 107 cm³/mol. The number of nitro groups is 2. The number of nitrogens with zero attached hydrogens (tertiary/aromatic N) is 4. The maximum Gasteiger partial charge on any atom is 0.272 e. The van der Waals surface area contributed by atoms with Crippen molar-refractivity contribution in [2.75, 3.05) is 14.1 Å². The highest BCUT2D eigenvalue weighted by molar-refractivity contribution is 5.97. The van der Waals surface area contributed by atoms with Gasteiger partial charge in [0.15, 0.2) is 0 Å². The number of carbonyl (C=O) groups excluding carboxylic acids is 2. The van der Waals surface area contributed by atoms with E-state index in [1.165, 1.54) is 48.2 Å². The van der Waals surface area contributed by atoms with E-state index in [1.54, 1.807) is 24.3 Å². The molecule has 1 saturated heterocycles. The summed E-state index contributed by atoms with van der Waals surface area (Å²) >= 11 is 0. The Morgan fingerprint density at radius 2 is 1.07 bits per heavy atom. The van der Waals surface area contributed by atoms with Crippen LogP contribution in [0.3, 0.4) is 0 Å². The Bertz CT molecular complexity index is 942. The summed E-state index contributed by atoms with van der Waals surface area (Å²) in [5, 5.41) is 22.5. The lowest BCUT2D eigenvalue weighted by atomic mass is 9.94. The minimum absolute atomic E-state index is 0.000765. The molecule has 1 aliphatic heterocycles. The third-order valence-electron chi connectivity index (χ3n) is 5.40. The molecule has 2 amide bonds. The van der Waals surface area contributed by atoms with E-state index < -0.39 is 21.9 Å². The molecule has 0 saturated carbocycles. The summed E-state index contributed by atoms with van der Waals surface area (Å²) in [6, 6.07) is 10.4. The molecule has 0 radical (unpaired) electrons. The van der Waals surface area contributed by atoms with Gasteiger partial charge < -0.3 is 9.80 Å². The Labute approximate surface area is 172 Å². The second-order valence-electron chi connectivity index (χ2n) is 7.11. The van der Waals surface area contributed by atoms with Crippen molar-refractivity contribution >= 4 is 23.2 Å². The van der Waals surface area contributed by atoms with Crippen LogP contribution in [0.15, 0.2) is 48.5 Å². The fourth-order valence-electron chi connectivity index (χ4n) is 3.70. The monoisotopic (exact) mass is 412 g/mol. The van der Waals surface area contributed by atoms with Gasteiger partial charge in [-0.3, -0.25) is 29.8 Å². The molecule has 156 valence electrons. The van der Waals surface area contributed by atoms with E-state index >= 15 is 0 Å². The molecule has 1 fully saturated rings. The number of amides is 2. The van der Waals surface area contributed by atoms with E-state index in [9.17, 15) is 29.8 Å². The molecule has 10 nitrogen and oxygen atoms in total. The van der Waals surface area contributed by atoms with Gasteiger partial charge in [0.25, 0.3) is 11.4 Å². The summed E-state index contributed by atoms with van der Waals surface area (Å²) in [5.74, 6) is -0.752. The standard InChI is InChI=1S/C20H20N4O6/c1-21-17(11-13-7-3-5-9-15(13)23(27)28)20(26)22(2)18(19(21)25)12-14-8-4-6-10-16(14)24(29)30/h3-10,17-18H,11-12H2,1-2H3. The average molecular weight is 412 g/mol. The lowest BCUT2D eigenvalue weighted by molar-refractivity contribution is -0.385. The number of piperazine rings is 1. The first-order valence-corrected chi connectivity index (χ1v) is 9.20. The fraction of sp³-hybridized carbons (Fsp3) is 0.300. The highest BCUT2D eigenvalue weighted by atomic mass is 16.6. The molecule has 0 aliphatic carbocycles. The number of nitro benzene ring substituents is 2. The number of para-hydroxylation sites is 2. The lowest BCUT2D eigenvalue weighted by Gasteiger charge is -2.42. The van der Waals surface area contributed by atoms with Gasteiger partial charge in [0.2, 0.25) is 11.8 Å². The number of likely N-dealkylation sites (N-methyl/N-ethyl adjacent to an activating group) is 2. The van der Waals surface area contributed by atoms with Crippen molar-refractivity contribution in [2.45, 2.75) is 24.9 Å². The second-order valence-corrected chi connectivity index (χ2v) is 7.11. The highest BCUT2D eigenvalue weighted by Crippen LogP contribution is 2.27. The number of benzene rings is 2. The van der Waals surface area contributed by atoms with Crippen LogP contribution in [-0.4, -0.2) is 57.6 Å². The zero-order valence-corrected chi connectivity index (χ0v) is 16.4. The summed E-state index contributed by atoms with van der Waals surface area (Å²) in [6.45, 7) is 0. The molecule has 0 aromatic heterocycles. The molecule has 1 heterocycles. The molecule has 2 unspecified atom stereocenters. The van der Waals surface area contributed by atoms with Crippen LogP contribution in [0.2, 0.25) is 0 Å². The van der Waals surface area contributed by atoms with Crippen LogP contribution < -0.4 is 0 Å². The molecule has 2 aromatic carbocycles. The zero-order valence-electron chi connectivity index (χ0n) is 16.4. The Morgan fingerprint density at radius 3 is 1.40 bits per heavy atom. The van der Waals surface area contributed by atoms with Crippen molar-refractivity contribution in [3.8, 4) is 0 Å². The maximum absolute atomic E-state index is 13.0. The normalized spacial score (nSPS) is 19.1.